The topological polar surface area (TPSA) is 105 Å². The molecule has 37 heavy (non-hydrogen) atoms. The van der Waals surface area contributed by atoms with Gasteiger partial charge in [-0.1, -0.05) is 6.07 Å². The fourth-order valence-electron chi connectivity index (χ4n) is 4.86. The maximum atomic E-state index is 13.1. The first kappa shape index (κ1) is 27.5. The molecular weight excluding hydrogens is 494 g/mol. The number of methoxy groups -OCH3 is 3. The molecule has 10 nitrogen and oxygen atoms in total. The molecule has 2 amide bonds. The molecule has 0 spiro atoms. The molecule has 2 aliphatic heterocycles. The van der Waals surface area contributed by atoms with Crippen LogP contribution in [0.4, 0.5) is 10.8 Å². The summed E-state index contributed by atoms with van der Waals surface area (Å²) >= 11 is 1.44. The zero-order chi connectivity index (χ0) is 26.2. The number of ether oxygens (including phenoxy) is 3. The van der Waals surface area contributed by atoms with Gasteiger partial charge in [0, 0.05) is 58.9 Å². The third-order valence-corrected chi connectivity index (χ3v) is 7.79. The minimum atomic E-state index is -0.344. The molecule has 4 rings (SSSR count). The first-order chi connectivity index (χ1) is 18.0. The predicted octanol–water partition coefficient (Wildman–Crippen LogP) is 2.61. The van der Waals surface area contributed by atoms with Crippen LogP contribution in [0, 0.1) is 0 Å². The molecule has 2 fully saturated rings. The molecule has 1 aromatic carbocycles. The van der Waals surface area contributed by atoms with Crippen LogP contribution < -0.4 is 15.5 Å². The Balaban J connectivity index is 1.49. The van der Waals surface area contributed by atoms with E-state index in [1.165, 1.54) is 11.3 Å². The highest BCUT2D eigenvalue weighted by atomic mass is 32.1. The maximum absolute atomic E-state index is 13.1. The summed E-state index contributed by atoms with van der Waals surface area (Å²) in [6.45, 7) is 4.80. The third kappa shape index (κ3) is 7.05. The summed E-state index contributed by atoms with van der Waals surface area (Å²) in [5, 5.41) is 8.33. The zero-order valence-electron chi connectivity index (χ0n) is 21.8. The van der Waals surface area contributed by atoms with Crippen molar-refractivity contribution in [2.24, 2.45) is 0 Å². The van der Waals surface area contributed by atoms with Crippen molar-refractivity contribution in [1.29, 1.82) is 0 Å². The van der Waals surface area contributed by atoms with Crippen LogP contribution in [-0.2, 0) is 20.8 Å². The number of aromatic nitrogens is 1. The second-order valence-corrected chi connectivity index (χ2v) is 10.2. The number of carbonyl (C=O) groups is 2. The van der Waals surface area contributed by atoms with E-state index in [1.807, 2.05) is 12.1 Å². The van der Waals surface area contributed by atoms with Gasteiger partial charge in [0.05, 0.1) is 30.6 Å². The van der Waals surface area contributed by atoms with E-state index in [9.17, 15) is 9.59 Å². The number of rotatable bonds is 12. The molecule has 0 saturated carbocycles. The van der Waals surface area contributed by atoms with Gasteiger partial charge < -0.3 is 29.7 Å². The van der Waals surface area contributed by atoms with Crippen LogP contribution in [0.5, 0.6) is 0 Å². The highest BCUT2D eigenvalue weighted by molar-refractivity contribution is 7.14. The van der Waals surface area contributed by atoms with Gasteiger partial charge in [-0.2, -0.15) is 0 Å². The largest absolute Gasteiger partial charge is 0.383 e. The van der Waals surface area contributed by atoms with E-state index in [-0.39, 0.29) is 17.9 Å². The van der Waals surface area contributed by atoms with Crippen LogP contribution in [0.15, 0.2) is 23.6 Å². The Hall–Kier alpha value is -2.57. The molecule has 2 atom stereocenters. The summed E-state index contributed by atoms with van der Waals surface area (Å²) in [5.41, 5.74) is 2.21. The van der Waals surface area contributed by atoms with Crippen LogP contribution in [-0.4, -0.2) is 94.6 Å². The SMILES string of the molecule is COCCNC(=O)c1cc(CN2CCC[C@@H]2COC)ccc1NC(=O)c1csc(N2CC[C@H](OC)C2)n1. The summed E-state index contributed by atoms with van der Waals surface area (Å²) in [5.74, 6) is -0.603. The fourth-order valence-corrected chi connectivity index (χ4v) is 5.70. The van der Waals surface area contributed by atoms with E-state index in [0.717, 1.165) is 49.6 Å². The highest BCUT2D eigenvalue weighted by Gasteiger charge is 2.27. The lowest BCUT2D eigenvalue weighted by atomic mass is 10.1. The predicted molar refractivity (Wildman–Crippen MR) is 144 cm³/mol. The molecule has 1 aromatic heterocycles. The lowest BCUT2D eigenvalue weighted by molar-refractivity contribution is 0.0937. The van der Waals surface area contributed by atoms with Crippen LogP contribution in [0.3, 0.4) is 0 Å². The quantitative estimate of drug-likeness (QED) is 0.403. The molecule has 2 aromatic rings. The van der Waals surface area contributed by atoms with Crippen molar-refractivity contribution in [3.8, 4) is 0 Å². The molecule has 2 N–H and O–H groups in total. The van der Waals surface area contributed by atoms with E-state index in [4.69, 9.17) is 14.2 Å². The molecule has 0 radical (unpaired) electrons. The van der Waals surface area contributed by atoms with Crippen molar-refractivity contribution in [2.45, 2.75) is 38.0 Å². The molecule has 0 bridgehead atoms. The van der Waals surface area contributed by atoms with Gasteiger partial charge in [0.2, 0.25) is 0 Å². The van der Waals surface area contributed by atoms with Gasteiger partial charge in [0.25, 0.3) is 11.8 Å². The number of hydrogen-bond acceptors (Lipinski definition) is 9. The normalized spacial score (nSPS) is 19.9. The third-order valence-electron chi connectivity index (χ3n) is 6.89. The van der Waals surface area contributed by atoms with Crippen molar-refractivity contribution in [1.82, 2.24) is 15.2 Å². The van der Waals surface area contributed by atoms with E-state index < -0.39 is 0 Å². The summed E-state index contributed by atoms with van der Waals surface area (Å²) in [6, 6.07) is 6.00. The monoisotopic (exact) mass is 531 g/mol. The zero-order valence-corrected chi connectivity index (χ0v) is 22.6. The average Bonchev–Trinajstić information content (AvgIpc) is 3.66. The Kier molecular flexibility index (Phi) is 9.87. The number of thiazole rings is 1. The van der Waals surface area contributed by atoms with Crippen LogP contribution >= 0.6 is 11.3 Å². The summed E-state index contributed by atoms with van der Waals surface area (Å²) in [4.78, 5) is 35.2. The Morgan fingerprint density at radius 2 is 2.00 bits per heavy atom. The van der Waals surface area contributed by atoms with Gasteiger partial charge in [-0.3, -0.25) is 14.5 Å². The molecule has 2 aliphatic rings. The minimum absolute atomic E-state index is 0.184. The van der Waals surface area contributed by atoms with Gasteiger partial charge in [0.1, 0.15) is 5.69 Å². The second kappa shape index (κ2) is 13.3. The smallest absolute Gasteiger partial charge is 0.275 e. The number of likely N-dealkylation sites (tertiary alicyclic amines) is 1. The number of nitrogens with zero attached hydrogens (tertiary/aromatic N) is 3. The Labute approximate surface area is 222 Å². The molecule has 202 valence electrons. The minimum Gasteiger partial charge on any atom is -0.383 e. The van der Waals surface area contributed by atoms with E-state index in [0.29, 0.717) is 49.3 Å². The van der Waals surface area contributed by atoms with Crippen molar-refractivity contribution in [2.75, 3.05) is 70.9 Å². The van der Waals surface area contributed by atoms with Gasteiger partial charge >= 0.3 is 0 Å². The highest BCUT2D eigenvalue weighted by Crippen LogP contribution is 2.27. The number of hydrogen-bond donors (Lipinski definition) is 2. The van der Waals surface area contributed by atoms with E-state index in [2.05, 4.69) is 25.4 Å². The fraction of sp³-hybridized carbons (Fsp3) is 0.577. The number of carbonyl (C=O) groups excluding carboxylic acids is 2. The average molecular weight is 532 g/mol. The lowest BCUT2D eigenvalue weighted by Gasteiger charge is -2.24. The van der Waals surface area contributed by atoms with Crippen LogP contribution in [0.2, 0.25) is 0 Å². The molecule has 0 aliphatic carbocycles. The maximum Gasteiger partial charge on any atom is 0.275 e. The standard InChI is InChI=1S/C26H37N5O5S/c1-34-12-9-27-24(32)21-13-18(14-30-10-4-5-19(30)16-35-2)6-7-22(21)28-25(33)23-17-37-26(29-23)31-11-8-20(15-31)36-3/h6-7,13,17,19-20H,4-5,8-12,14-16H2,1-3H3,(H,27,32)(H,28,33)/t19-,20+/m1/s1. The van der Waals surface area contributed by atoms with Crippen molar-refractivity contribution < 1.29 is 23.8 Å². The summed E-state index contributed by atoms with van der Waals surface area (Å²) in [7, 11) is 5.03. The molecule has 0 unspecified atom stereocenters. The van der Waals surface area contributed by atoms with Crippen LogP contribution in [0.1, 0.15) is 45.7 Å². The molecule has 2 saturated heterocycles. The molecular formula is C26H37N5O5S. The van der Waals surface area contributed by atoms with E-state index >= 15 is 0 Å². The van der Waals surface area contributed by atoms with Crippen molar-refractivity contribution in [3.63, 3.8) is 0 Å². The number of nitrogens with one attached hydrogen (secondary N) is 2. The first-order valence-electron chi connectivity index (χ1n) is 12.7. The van der Waals surface area contributed by atoms with Crippen molar-refractivity contribution in [3.05, 3.63) is 40.4 Å². The Bertz CT molecular complexity index is 1060. The lowest BCUT2D eigenvalue weighted by Crippen LogP contribution is -2.32. The van der Waals surface area contributed by atoms with Gasteiger partial charge in [-0.15, -0.1) is 11.3 Å². The van der Waals surface area contributed by atoms with E-state index in [1.54, 1.807) is 32.8 Å². The second-order valence-electron chi connectivity index (χ2n) is 9.41. The molecule has 11 heteroatoms. The summed E-state index contributed by atoms with van der Waals surface area (Å²) < 4.78 is 15.9. The molecule has 3 heterocycles. The van der Waals surface area contributed by atoms with Gasteiger partial charge in [-0.05, 0) is 43.5 Å². The summed E-state index contributed by atoms with van der Waals surface area (Å²) in [6.07, 6.45) is 3.36. The van der Waals surface area contributed by atoms with Crippen molar-refractivity contribution >= 4 is 34.0 Å². The van der Waals surface area contributed by atoms with Gasteiger partial charge in [-0.25, -0.2) is 4.98 Å². The number of benzene rings is 1. The Morgan fingerprint density at radius 1 is 1.14 bits per heavy atom. The number of anilines is 2. The first-order valence-corrected chi connectivity index (χ1v) is 13.6. The van der Waals surface area contributed by atoms with Gasteiger partial charge in [0.15, 0.2) is 5.13 Å². The number of amides is 2. The Morgan fingerprint density at radius 3 is 2.76 bits per heavy atom. The van der Waals surface area contributed by atoms with Crippen LogP contribution in [0.25, 0.3) is 0 Å².